The summed E-state index contributed by atoms with van der Waals surface area (Å²) in [7, 11) is 0. The molecule has 4 N–H and O–H groups in total. The minimum absolute atomic E-state index is 0.172. The molecule has 1 atom stereocenters. The third-order valence-electron chi connectivity index (χ3n) is 4.61. The highest BCUT2D eigenvalue weighted by Gasteiger charge is 2.34. The summed E-state index contributed by atoms with van der Waals surface area (Å²) in [5.74, 6) is -0.287. The average Bonchev–Trinajstić information content (AvgIpc) is 2.89. The van der Waals surface area contributed by atoms with Crippen molar-refractivity contribution in [3.63, 3.8) is 0 Å². The van der Waals surface area contributed by atoms with Gasteiger partial charge in [0, 0.05) is 40.6 Å². The van der Waals surface area contributed by atoms with Gasteiger partial charge in [-0.1, -0.05) is 6.07 Å². The first-order chi connectivity index (χ1) is 13.7. The number of pyridine rings is 1. The maximum atomic E-state index is 12.6. The van der Waals surface area contributed by atoms with Gasteiger partial charge in [0.25, 0.3) is 5.91 Å². The number of rotatable bonds is 2. The van der Waals surface area contributed by atoms with Crippen molar-refractivity contribution in [3.8, 4) is 0 Å². The van der Waals surface area contributed by atoms with Crippen molar-refractivity contribution in [2.75, 3.05) is 10.6 Å². The molecule has 4 rings (SSSR count). The van der Waals surface area contributed by atoms with Crippen molar-refractivity contribution >= 4 is 28.9 Å². The summed E-state index contributed by atoms with van der Waals surface area (Å²) >= 11 is 0. The largest absolute Gasteiger partial charge is 0.444 e. The maximum Gasteiger partial charge on any atom is 0.412 e. The minimum Gasteiger partial charge on any atom is -0.444 e. The van der Waals surface area contributed by atoms with E-state index in [0.29, 0.717) is 11.3 Å². The van der Waals surface area contributed by atoms with E-state index in [1.807, 2.05) is 25.3 Å². The average molecular weight is 393 g/mol. The van der Waals surface area contributed by atoms with E-state index in [9.17, 15) is 9.59 Å². The van der Waals surface area contributed by atoms with Gasteiger partial charge in [0.05, 0.1) is 11.6 Å². The highest BCUT2D eigenvalue weighted by molar-refractivity contribution is 6.07. The van der Waals surface area contributed by atoms with Crippen LogP contribution in [-0.2, 0) is 4.74 Å². The molecule has 2 amide bonds. The summed E-state index contributed by atoms with van der Waals surface area (Å²) < 4.78 is 5.32. The normalized spacial score (nSPS) is 17.2. The Morgan fingerprint density at radius 1 is 1.24 bits per heavy atom. The van der Waals surface area contributed by atoms with Crippen molar-refractivity contribution < 1.29 is 14.3 Å². The Bertz CT molecular complexity index is 1020. The number of aryl methyl sites for hydroxylation is 1. The van der Waals surface area contributed by atoms with Gasteiger partial charge in [-0.3, -0.25) is 20.5 Å². The number of hydrogen-bond acceptors (Lipinski definition) is 6. The molecule has 1 aromatic heterocycles. The third-order valence-corrected chi connectivity index (χ3v) is 4.61. The molecule has 0 saturated heterocycles. The Morgan fingerprint density at radius 2 is 2.03 bits per heavy atom. The van der Waals surface area contributed by atoms with Crippen LogP contribution in [0.5, 0.6) is 0 Å². The molecular formula is C21H23N5O3. The molecule has 1 unspecified atom stereocenters. The van der Waals surface area contributed by atoms with E-state index in [-0.39, 0.29) is 11.9 Å². The molecule has 150 valence electrons. The van der Waals surface area contributed by atoms with Crippen molar-refractivity contribution in [3.05, 3.63) is 59.0 Å². The highest BCUT2D eigenvalue weighted by atomic mass is 16.6. The molecule has 2 aliphatic rings. The summed E-state index contributed by atoms with van der Waals surface area (Å²) in [4.78, 5) is 29.2. The van der Waals surface area contributed by atoms with E-state index >= 15 is 0 Å². The predicted octanol–water partition coefficient (Wildman–Crippen LogP) is 3.49. The third kappa shape index (κ3) is 3.73. The molecule has 0 spiro atoms. The van der Waals surface area contributed by atoms with Crippen LogP contribution < -0.4 is 21.5 Å². The van der Waals surface area contributed by atoms with Crippen LogP contribution in [-0.4, -0.2) is 22.6 Å². The first kappa shape index (κ1) is 18.8. The lowest BCUT2D eigenvalue weighted by Gasteiger charge is -2.20. The number of benzene rings is 1. The number of nitrogens with zero attached hydrogens (tertiary/aromatic N) is 1. The monoisotopic (exact) mass is 393 g/mol. The van der Waals surface area contributed by atoms with Gasteiger partial charge in [0.1, 0.15) is 5.60 Å². The Balaban J connectivity index is 1.72. The molecule has 1 aromatic carbocycles. The fourth-order valence-corrected chi connectivity index (χ4v) is 3.43. The smallest absolute Gasteiger partial charge is 0.412 e. The molecule has 3 heterocycles. The van der Waals surface area contributed by atoms with Crippen LogP contribution in [0.3, 0.4) is 0 Å². The van der Waals surface area contributed by atoms with Gasteiger partial charge >= 0.3 is 6.09 Å². The molecule has 0 aliphatic carbocycles. The van der Waals surface area contributed by atoms with Crippen molar-refractivity contribution in [1.82, 2.24) is 15.8 Å². The van der Waals surface area contributed by atoms with E-state index in [4.69, 9.17) is 4.74 Å². The van der Waals surface area contributed by atoms with Crippen molar-refractivity contribution in [1.29, 1.82) is 0 Å². The SMILES string of the molecule is Cc1ccc(C2Nc3cc(NC(=O)OC(C)(C)C)cc4c3C2=CNNC4=O)cn1. The van der Waals surface area contributed by atoms with E-state index in [0.717, 1.165) is 28.1 Å². The highest BCUT2D eigenvalue weighted by Crippen LogP contribution is 2.46. The van der Waals surface area contributed by atoms with Crippen molar-refractivity contribution in [2.24, 2.45) is 0 Å². The number of anilines is 2. The number of amides is 2. The Morgan fingerprint density at radius 3 is 2.72 bits per heavy atom. The number of carbonyl (C=O) groups is 2. The molecule has 8 nitrogen and oxygen atoms in total. The molecule has 0 saturated carbocycles. The summed E-state index contributed by atoms with van der Waals surface area (Å²) in [5, 5.41) is 6.15. The summed E-state index contributed by atoms with van der Waals surface area (Å²) in [6, 6.07) is 7.23. The van der Waals surface area contributed by atoms with Crippen LogP contribution in [0.4, 0.5) is 16.2 Å². The summed E-state index contributed by atoms with van der Waals surface area (Å²) in [5.41, 5.74) is 10.2. The van der Waals surface area contributed by atoms with Crippen LogP contribution in [0.25, 0.3) is 5.57 Å². The van der Waals surface area contributed by atoms with Crippen LogP contribution in [0.15, 0.2) is 36.7 Å². The molecule has 2 aromatic rings. The van der Waals surface area contributed by atoms with E-state index in [1.54, 1.807) is 39.1 Å². The topological polar surface area (TPSA) is 104 Å². The molecule has 8 heteroatoms. The molecule has 0 bridgehead atoms. The Hall–Kier alpha value is -3.55. The number of ether oxygens (including phenoxy) is 1. The van der Waals surface area contributed by atoms with Gasteiger partial charge < -0.3 is 15.5 Å². The number of hydrazine groups is 1. The predicted molar refractivity (Wildman–Crippen MR) is 110 cm³/mol. The lowest BCUT2D eigenvalue weighted by molar-refractivity contribution is 0.0635. The van der Waals surface area contributed by atoms with E-state index < -0.39 is 11.7 Å². The lowest BCUT2D eigenvalue weighted by Crippen LogP contribution is -2.32. The number of nitrogens with one attached hydrogen (secondary N) is 4. The second-order valence-electron chi connectivity index (χ2n) is 8.08. The van der Waals surface area contributed by atoms with Gasteiger partial charge in [-0.05, 0) is 51.5 Å². The van der Waals surface area contributed by atoms with E-state index in [2.05, 4.69) is 26.5 Å². The van der Waals surface area contributed by atoms with E-state index in [1.165, 1.54) is 0 Å². The number of carbonyl (C=O) groups excluding carboxylic acids is 2. The number of aromatic nitrogens is 1. The summed E-state index contributed by atoms with van der Waals surface area (Å²) in [6.07, 6.45) is 3.02. The van der Waals surface area contributed by atoms with Crippen molar-refractivity contribution in [2.45, 2.75) is 39.3 Å². The van der Waals surface area contributed by atoms with Crippen LogP contribution in [0.2, 0.25) is 0 Å². The quantitative estimate of drug-likeness (QED) is 0.623. The standard InChI is InChI=1S/C21H23N5O3/c1-11-5-6-12(9-22-11)18-15-10-23-26-19(27)14-7-13(8-16(25-18)17(14)15)24-20(28)29-21(2,3)4/h5-10,18,23,25H,1-4H3,(H,24,28)(H,26,27). The van der Waals surface area contributed by atoms with Crippen LogP contribution in [0.1, 0.15) is 54.0 Å². The first-order valence-electron chi connectivity index (χ1n) is 9.35. The van der Waals surface area contributed by atoms with Gasteiger partial charge in [0.15, 0.2) is 0 Å². The molecule has 29 heavy (non-hydrogen) atoms. The lowest BCUT2D eigenvalue weighted by atomic mass is 9.94. The second kappa shape index (κ2) is 6.80. The Kier molecular flexibility index (Phi) is 4.41. The maximum absolute atomic E-state index is 12.6. The van der Waals surface area contributed by atoms with Crippen LogP contribution in [0, 0.1) is 6.92 Å². The zero-order valence-electron chi connectivity index (χ0n) is 16.7. The fourth-order valence-electron chi connectivity index (χ4n) is 3.43. The minimum atomic E-state index is -0.619. The van der Waals surface area contributed by atoms with Gasteiger partial charge in [-0.2, -0.15) is 0 Å². The number of hydrogen-bond donors (Lipinski definition) is 4. The summed E-state index contributed by atoms with van der Waals surface area (Å²) in [6.45, 7) is 7.31. The van der Waals surface area contributed by atoms with Gasteiger partial charge in [-0.25, -0.2) is 4.79 Å². The molecule has 2 aliphatic heterocycles. The molecule has 0 fully saturated rings. The molecule has 0 radical (unpaired) electrons. The molecular weight excluding hydrogens is 370 g/mol. The van der Waals surface area contributed by atoms with Gasteiger partial charge in [0.2, 0.25) is 0 Å². The second-order valence-corrected chi connectivity index (χ2v) is 8.08. The fraction of sp³-hybridized carbons (Fsp3) is 0.286. The van der Waals surface area contributed by atoms with Gasteiger partial charge in [-0.15, -0.1) is 0 Å². The Labute approximate surface area is 168 Å². The first-order valence-corrected chi connectivity index (χ1v) is 9.35. The zero-order valence-corrected chi connectivity index (χ0v) is 16.7. The zero-order chi connectivity index (χ0) is 20.8. The van der Waals surface area contributed by atoms with Crippen LogP contribution >= 0.6 is 0 Å².